The van der Waals surface area contributed by atoms with Gasteiger partial charge in [-0.3, -0.25) is 4.90 Å². The molecule has 180 valence electrons. The average molecular weight is 477 g/mol. The molecule has 0 amide bonds. The lowest BCUT2D eigenvalue weighted by atomic mass is 9.92. The second-order valence-corrected chi connectivity index (χ2v) is 11.5. The van der Waals surface area contributed by atoms with Gasteiger partial charge in [0.25, 0.3) is 0 Å². The molecule has 1 aliphatic rings. The van der Waals surface area contributed by atoms with Gasteiger partial charge in [0.05, 0.1) is 4.90 Å². The van der Waals surface area contributed by atoms with Gasteiger partial charge >= 0.3 is 0 Å². The van der Waals surface area contributed by atoms with Crippen LogP contribution in [0, 0.1) is 6.92 Å². The molecule has 0 spiro atoms. The summed E-state index contributed by atoms with van der Waals surface area (Å²) < 4.78 is 27.9. The number of aryl methyl sites for hydroxylation is 1. The molecule has 4 nitrogen and oxygen atoms in total. The first-order valence-corrected chi connectivity index (χ1v) is 13.8. The van der Waals surface area contributed by atoms with Crippen LogP contribution < -0.4 is 0 Å². The maximum Gasteiger partial charge on any atom is 0.242 e. The summed E-state index contributed by atoms with van der Waals surface area (Å²) in [6.07, 6.45) is 4.58. The monoisotopic (exact) mass is 476 g/mol. The first-order chi connectivity index (χ1) is 16.4. The van der Waals surface area contributed by atoms with Gasteiger partial charge in [-0.15, -0.1) is 0 Å². The van der Waals surface area contributed by atoms with Gasteiger partial charge < -0.3 is 0 Å². The number of rotatable bonds is 9. The number of nitrogens with zero attached hydrogens (tertiary/aromatic N) is 2. The lowest BCUT2D eigenvalue weighted by molar-refractivity contribution is 0.142. The van der Waals surface area contributed by atoms with E-state index in [0.717, 1.165) is 19.5 Å². The summed E-state index contributed by atoms with van der Waals surface area (Å²) in [5.41, 5.74) is 3.88. The number of likely N-dealkylation sites (tertiary alicyclic amines) is 1. The number of piperidine rings is 1. The molecule has 0 radical (unpaired) electrons. The summed E-state index contributed by atoms with van der Waals surface area (Å²) in [6, 6.07) is 28.5. The Bertz CT molecular complexity index is 1130. The smallest absolute Gasteiger partial charge is 0.242 e. The van der Waals surface area contributed by atoms with Crippen LogP contribution in [0.25, 0.3) is 0 Å². The van der Waals surface area contributed by atoms with E-state index >= 15 is 0 Å². The maximum absolute atomic E-state index is 13.2. The van der Waals surface area contributed by atoms with E-state index in [1.165, 1.54) is 40.3 Å². The fourth-order valence-electron chi connectivity index (χ4n) is 5.02. The molecule has 1 aliphatic heterocycles. The Morgan fingerprint density at radius 1 is 0.912 bits per heavy atom. The number of hydrogen-bond acceptors (Lipinski definition) is 3. The molecule has 3 aromatic rings. The van der Waals surface area contributed by atoms with Crippen molar-refractivity contribution >= 4 is 10.0 Å². The molecular weight excluding hydrogens is 440 g/mol. The molecule has 0 saturated carbocycles. The van der Waals surface area contributed by atoms with Crippen LogP contribution >= 0.6 is 0 Å². The Kier molecular flexibility index (Phi) is 8.19. The zero-order valence-corrected chi connectivity index (χ0v) is 21.1. The minimum atomic E-state index is -3.52. The van der Waals surface area contributed by atoms with Gasteiger partial charge in [-0.05, 0) is 68.5 Å². The third kappa shape index (κ3) is 5.96. The number of hydrogen-bond donors (Lipinski definition) is 0. The summed E-state index contributed by atoms with van der Waals surface area (Å²) in [6.45, 7) is 4.65. The van der Waals surface area contributed by atoms with Crippen LogP contribution in [0.3, 0.4) is 0 Å². The third-order valence-corrected chi connectivity index (χ3v) is 8.88. The number of likely N-dealkylation sites (N-methyl/N-ethyl adjacent to an activating group) is 1. The Morgan fingerprint density at radius 2 is 1.56 bits per heavy atom. The van der Waals surface area contributed by atoms with Gasteiger partial charge in [0, 0.05) is 19.6 Å². The quantitative estimate of drug-likeness (QED) is 0.379. The molecule has 3 aromatic carbocycles. The van der Waals surface area contributed by atoms with Crippen LogP contribution in [-0.4, -0.2) is 44.3 Å². The SMILES string of the molecule is Cc1ccc(C2CCCCN2CCC(CN(C)S(=O)(=O)c2ccccc2)c2ccccc2)cc1. The Hall–Kier alpha value is -2.47. The highest BCUT2D eigenvalue weighted by Crippen LogP contribution is 2.33. The minimum Gasteiger partial charge on any atom is -0.296 e. The van der Waals surface area contributed by atoms with Crippen LogP contribution in [0.1, 0.15) is 54.3 Å². The third-order valence-electron chi connectivity index (χ3n) is 7.04. The standard InChI is InChI=1S/C29H36N2O2S/c1-24-16-18-26(19-17-24)29-15-9-10-21-31(29)22-20-27(25-11-5-3-6-12-25)23-30(2)34(32,33)28-13-7-4-8-14-28/h3-8,11-14,16-19,27,29H,9-10,15,20-23H2,1-2H3. The molecule has 0 bridgehead atoms. The van der Waals surface area contributed by atoms with Crippen molar-refractivity contribution in [3.8, 4) is 0 Å². The predicted molar refractivity (Wildman–Crippen MR) is 139 cm³/mol. The van der Waals surface area contributed by atoms with Crippen LogP contribution in [0.2, 0.25) is 0 Å². The lowest BCUT2D eigenvalue weighted by Crippen LogP contribution is -2.36. The second kappa shape index (κ2) is 11.3. The predicted octanol–water partition coefficient (Wildman–Crippen LogP) is 6.02. The fraction of sp³-hybridized carbons (Fsp3) is 0.379. The molecule has 2 atom stereocenters. The maximum atomic E-state index is 13.2. The van der Waals surface area contributed by atoms with E-state index in [1.807, 2.05) is 24.3 Å². The van der Waals surface area contributed by atoms with E-state index in [0.29, 0.717) is 17.5 Å². The first-order valence-electron chi connectivity index (χ1n) is 12.3. The van der Waals surface area contributed by atoms with Gasteiger partial charge in [0.15, 0.2) is 0 Å². The molecule has 1 heterocycles. The molecule has 0 N–H and O–H groups in total. The molecule has 34 heavy (non-hydrogen) atoms. The number of sulfonamides is 1. The highest BCUT2D eigenvalue weighted by atomic mass is 32.2. The molecule has 2 unspecified atom stereocenters. The van der Waals surface area contributed by atoms with Crippen LogP contribution in [0.4, 0.5) is 0 Å². The van der Waals surface area contributed by atoms with Gasteiger partial charge in [-0.1, -0.05) is 84.8 Å². The Morgan fingerprint density at radius 3 is 2.24 bits per heavy atom. The van der Waals surface area contributed by atoms with Crippen molar-refractivity contribution in [1.29, 1.82) is 0 Å². The van der Waals surface area contributed by atoms with Crippen molar-refractivity contribution in [2.45, 2.75) is 49.5 Å². The van der Waals surface area contributed by atoms with Crippen molar-refractivity contribution < 1.29 is 8.42 Å². The van der Waals surface area contributed by atoms with Gasteiger partial charge in [0.1, 0.15) is 0 Å². The zero-order chi connectivity index (χ0) is 24.0. The summed E-state index contributed by atoms with van der Waals surface area (Å²) in [4.78, 5) is 2.95. The molecule has 0 aromatic heterocycles. The average Bonchev–Trinajstić information content (AvgIpc) is 2.88. The van der Waals surface area contributed by atoms with E-state index in [4.69, 9.17) is 0 Å². The largest absolute Gasteiger partial charge is 0.296 e. The number of benzene rings is 3. The van der Waals surface area contributed by atoms with E-state index < -0.39 is 10.0 Å². The highest BCUT2D eigenvalue weighted by Gasteiger charge is 2.27. The van der Waals surface area contributed by atoms with Crippen LogP contribution in [0.15, 0.2) is 89.8 Å². The van der Waals surface area contributed by atoms with E-state index in [9.17, 15) is 8.42 Å². The van der Waals surface area contributed by atoms with E-state index in [1.54, 1.807) is 31.3 Å². The van der Waals surface area contributed by atoms with E-state index in [2.05, 4.69) is 48.2 Å². The molecule has 5 heteroatoms. The Labute approximate surface area is 205 Å². The van der Waals surface area contributed by atoms with E-state index in [-0.39, 0.29) is 5.92 Å². The molecule has 0 aliphatic carbocycles. The normalized spacial score (nSPS) is 18.1. The summed E-state index contributed by atoms with van der Waals surface area (Å²) in [7, 11) is -1.82. The summed E-state index contributed by atoms with van der Waals surface area (Å²) >= 11 is 0. The lowest BCUT2D eigenvalue weighted by Gasteiger charge is -2.37. The van der Waals surface area contributed by atoms with Gasteiger partial charge in [0.2, 0.25) is 10.0 Å². The summed E-state index contributed by atoms with van der Waals surface area (Å²) in [5.74, 6) is 0.130. The molecule has 1 saturated heterocycles. The van der Waals surface area contributed by atoms with Crippen molar-refractivity contribution in [3.63, 3.8) is 0 Å². The van der Waals surface area contributed by atoms with Crippen molar-refractivity contribution in [2.24, 2.45) is 0 Å². The zero-order valence-electron chi connectivity index (χ0n) is 20.3. The van der Waals surface area contributed by atoms with Gasteiger partial charge in [-0.25, -0.2) is 12.7 Å². The summed E-state index contributed by atoms with van der Waals surface area (Å²) in [5, 5.41) is 0. The van der Waals surface area contributed by atoms with Gasteiger partial charge in [-0.2, -0.15) is 0 Å². The van der Waals surface area contributed by atoms with Crippen molar-refractivity contribution in [3.05, 3.63) is 102 Å². The van der Waals surface area contributed by atoms with Crippen molar-refractivity contribution in [1.82, 2.24) is 9.21 Å². The topological polar surface area (TPSA) is 40.6 Å². The first kappa shape index (κ1) is 24.6. The second-order valence-electron chi connectivity index (χ2n) is 9.45. The molecule has 1 fully saturated rings. The molecular formula is C29H36N2O2S. The molecule has 4 rings (SSSR count). The minimum absolute atomic E-state index is 0.130. The fourth-order valence-corrected chi connectivity index (χ4v) is 6.25. The Balaban J connectivity index is 1.51. The van der Waals surface area contributed by atoms with Crippen LogP contribution in [-0.2, 0) is 10.0 Å². The van der Waals surface area contributed by atoms with Crippen LogP contribution in [0.5, 0.6) is 0 Å². The highest BCUT2D eigenvalue weighted by molar-refractivity contribution is 7.89. The van der Waals surface area contributed by atoms with Crippen molar-refractivity contribution in [2.75, 3.05) is 26.7 Å².